The Morgan fingerprint density at radius 2 is 1.90 bits per heavy atom. The van der Waals surface area contributed by atoms with Crippen molar-refractivity contribution in [2.75, 3.05) is 26.0 Å². The van der Waals surface area contributed by atoms with Gasteiger partial charge in [-0.25, -0.2) is 0 Å². The second kappa shape index (κ2) is 11.5. The number of anilines is 1. The molecule has 2 aromatic heterocycles. The van der Waals surface area contributed by atoms with Crippen LogP contribution in [0, 0.1) is 0 Å². The summed E-state index contributed by atoms with van der Waals surface area (Å²) in [7, 11) is 3.75. The van der Waals surface area contributed by atoms with E-state index in [2.05, 4.69) is 15.8 Å². The maximum absolute atomic E-state index is 11.1. The highest BCUT2D eigenvalue weighted by Gasteiger charge is 2.18. The average Bonchev–Trinajstić information content (AvgIpc) is 3.44. The van der Waals surface area contributed by atoms with Gasteiger partial charge < -0.3 is 19.7 Å². The molecule has 0 unspecified atom stereocenters. The van der Waals surface area contributed by atoms with E-state index in [1.54, 1.807) is 6.07 Å². The van der Waals surface area contributed by atoms with Crippen LogP contribution in [0.3, 0.4) is 0 Å². The van der Waals surface area contributed by atoms with E-state index in [4.69, 9.17) is 4.52 Å². The molecule has 0 amide bonds. The summed E-state index contributed by atoms with van der Waals surface area (Å²) in [5, 5.41) is 11.1. The number of aldehydes is 2. The molecule has 0 spiro atoms. The van der Waals surface area contributed by atoms with Gasteiger partial charge in [-0.2, -0.15) is 0 Å². The van der Waals surface area contributed by atoms with Gasteiger partial charge in [-0.1, -0.05) is 36.6 Å². The molecule has 0 radical (unpaired) electrons. The van der Waals surface area contributed by atoms with E-state index >= 15 is 0 Å². The van der Waals surface area contributed by atoms with Crippen LogP contribution in [-0.2, 0) is 6.54 Å². The molecule has 0 bridgehead atoms. The molecule has 7 heteroatoms. The van der Waals surface area contributed by atoms with E-state index in [9.17, 15) is 9.59 Å². The summed E-state index contributed by atoms with van der Waals surface area (Å²) < 4.78 is 7.07. The number of hydrogen-bond donors (Lipinski definition) is 2. The van der Waals surface area contributed by atoms with E-state index in [0.29, 0.717) is 17.2 Å². The SMILES string of the molecule is CNCCCn1c(C=O)cc2ccc(C=O)cc21.CNc1cc(C2CCCCC2)no1. The highest BCUT2D eigenvalue weighted by molar-refractivity contribution is 5.92. The first-order chi connectivity index (χ1) is 15.2. The topological polar surface area (TPSA) is 89.2 Å². The Balaban J connectivity index is 0.000000185. The predicted octanol–water partition coefficient (Wildman–Crippen LogP) is 4.64. The fourth-order valence-electron chi connectivity index (χ4n) is 4.12. The summed E-state index contributed by atoms with van der Waals surface area (Å²) in [5.74, 6) is 1.42. The van der Waals surface area contributed by atoms with Gasteiger partial charge in [-0.15, -0.1) is 0 Å². The van der Waals surface area contributed by atoms with Gasteiger partial charge in [0.2, 0.25) is 5.88 Å². The number of fused-ring (bicyclic) bond motifs is 1. The summed E-state index contributed by atoms with van der Waals surface area (Å²) in [6, 6.07) is 9.35. The Hall–Kier alpha value is -2.93. The number of aryl methyl sites for hydroxylation is 1. The van der Waals surface area contributed by atoms with Crippen LogP contribution < -0.4 is 10.6 Å². The summed E-state index contributed by atoms with van der Waals surface area (Å²) >= 11 is 0. The van der Waals surface area contributed by atoms with Crippen molar-refractivity contribution in [3.8, 4) is 0 Å². The van der Waals surface area contributed by atoms with Crippen LogP contribution in [0.15, 0.2) is 34.9 Å². The molecule has 1 fully saturated rings. The zero-order valence-electron chi connectivity index (χ0n) is 18.4. The van der Waals surface area contributed by atoms with Crippen LogP contribution in [0.25, 0.3) is 10.9 Å². The van der Waals surface area contributed by atoms with Crippen LogP contribution in [0.2, 0.25) is 0 Å². The first-order valence-electron chi connectivity index (χ1n) is 11.0. The molecule has 2 heterocycles. The zero-order chi connectivity index (χ0) is 22.1. The number of nitrogens with zero attached hydrogens (tertiary/aromatic N) is 2. The second-order valence-corrected chi connectivity index (χ2v) is 7.93. The third-order valence-electron chi connectivity index (χ3n) is 5.82. The maximum Gasteiger partial charge on any atom is 0.224 e. The summed E-state index contributed by atoms with van der Waals surface area (Å²) in [6.07, 6.45) is 9.23. The minimum Gasteiger partial charge on any atom is -0.357 e. The normalized spacial score (nSPS) is 14.1. The molecular formula is C24H32N4O3. The molecule has 0 saturated heterocycles. The fraction of sp³-hybridized carbons (Fsp3) is 0.458. The molecule has 31 heavy (non-hydrogen) atoms. The van der Waals surface area contributed by atoms with Crippen LogP contribution in [0.1, 0.15) is 71.0 Å². The lowest BCUT2D eigenvalue weighted by Crippen LogP contribution is -2.12. The quantitative estimate of drug-likeness (QED) is 0.404. The fourth-order valence-corrected chi connectivity index (χ4v) is 4.12. The molecule has 1 saturated carbocycles. The van der Waals surface area contributed by atoms with Crippen molar-refractivity contribution in [2.24, 2.45) is 0 Å². The number of hydrogen-bond acceptors (Lipinski definition) is 6. The Morgan fingerprint density at radius 3 is 2.55 bits per heavy atom. The van der Waals surface area contributed by atoms with Crippen molar-refractivity contribution in [2.45, 2.75) is 51.0 Å². The van der Waals surface area contributed by atoms with Gasteiger partial charge >= 0.3 is 0 Å². The van der Waals surface area contributed by atoms with Crippen LogP contribution in [0.5, 0.6) is 0 Å². The van der Waals surface area contributed by atoms with E-state index < -0.39 is 0 Å². The van der Waals surface area contributed by atoms with Gasteiger partial charge in [0.05, 0.1) is 11.4 Å². The highest BCUT2D eigenvalue weighted by atomic mass is 16.5. The van der Waals surface area contributed by atoms with Crippen molar-refractivity contribution in [3.05, 3.63) is 47.3 Å². The molecule has 4 rings (SSSR count). The first-order valence-corrected chi connectivity index (χ1v) is 11.0. The Morgan fingerprint density at radius 1 is 1.10 bits per heavy atom. The van der Waals surface area contributed by atoms with Crippen LogP contribution in [0.4, 0.5) is 5.88 Å². The Kier molecular flexibility index (Phi) is 8.41. The van der Waals surface area contributed by atoms with Gasteiger partial charge in [-0.3, -0.25) is 9.59 Å². The molecule has 3 aromatic rings. The molecule has 7 nitrogen and oxygen atoms in total. The third kappa shape index (κ3) is 5.82. The lowest BCUT2D eigenvalue weighted by Gasteiger charge is -2.18. The summed E-state index contributed by atoms with van der Waals surface area (Å²) in [5.41, 5.74) is 3.36. The van der Waals surface area contributed by atoms with Gasteiger partial charge in [0.15, 0.2) is 6.29 Å². The monoisotopic (exact) mass is 424 g/mol. The Bertz CT molecular complexity index is 986. The third-order valence-corrected chi connectivity index (χ3v) is 5.82. The van der Waals surface area contributed by atoms with Gasteiger partial charge in [0.1, 0.15) is 6.29 Å². The minimum absolute atomic E-state index is 0.632. The number of benzene rings is 1. The van der Waals surface area contributed by atoms with Gasteiger partial charge in [-0.05, 0) is 45.0 Å². The summed E-state index contributed by atoms with van der Waals surface area (Å²) in [4.78, 5) is 21.9. The van der Waals surface area contributed by atoms with Gasteiger partial charge in [0, 0.05) is 42.0 Å². The first kappa shape index (κ1) is 22.7. The molecule has 1 aliphatic rings. The standard InChI is InChI=1S/C14H16N2O2.C10H16N2O/c1-15-5-2-6-16-13(10-18)8-12-4-3-11(9-17)7-14(12)16;1-11-10-7-9(12-13-10)8-5-3-2-4-6-8/h3-4,7-10,15H,2,5-6H2,1H3;7-8,11H,2-6H2,1H3. The molecule has 1 aliphatic carbocycles. The van der Waals surface area contributed by atoms with Crippen molar-refractivity contribution >= 4 is 29.4 Å². The lowest BCUT2D eigenvalue weighted by molar-refractivity contribution is 0.111. The molecule has 166 valence electrons. The number of nitrogens with one attached hydrogen (secondary N) is 2. The predicted molar refractivity (Wildman–Crippen MR) is 123 cm³/mol. The number of aromatic nitrogens is 2. The highest BCUT2D eigenvalue weighted by Crippen LogP contribution is 2.32. The number of rotatable bonds is 8. The van der Waals surface area contributed by atoms with Crippen molar-refractivity contribution in [1.29, 1.82) is 0 Å². The molecule has 0 atom stereocenters. The number of carbonyl (C=O) groups is 2. The van der Waals surface area contributed by atoms with Crippen molar-refractivity contribution in [1.82, 2.24) is 15.0 Å². The van der Waals surface area contributed by atoms with E-state index in [1.807, 2.05) is 42.9 Å². The minimum atomic E-state index is 0.632. The maximum atomic E-state index is 11.1. The Labute approximate surface area is 183 Å². The van der Waals surface area contributed by atoms with E-state index in [0.717, 1.165) is 54.6 Å². The van der Waals surface area contributed by atoms with Crippen molar-refractivity contribution in [3.63, 3.8) is 0 Å². The second-order valence-electron chi connectivity index (χ2n) is 7.93. The van der Waals surface area contributed by atoms with Crippen LogP contribution >= 0.6 is 0 Å². The molecule has 2 N–H and O–H groups in total. The van der Waals surface area contributed by atoms with Crippen molar-refractivity contribution < 1.29 is 14.1 Å². The van der Waals surface area contributed by atoms with E-state index in [-0.39, 0.29) is 0 Å². The summed E-state index contributed by atoms with van der Waals surface area (Å²) in [6.45, 7) is 1.66. The molecule has 1 aromatic carbocycles. The largest absolute Gasteiger partial charge is 0.357 e. The van der Waals surface area contributed by atoms with Gasteiger partial charge in [0.25, 0.3) is 0 Å². The van der Waals surface area contributed by atoms with Crippen LogP contribution in [-0.4, -0.2) is 42.9 Å². The molecule has 0 aliphatic heterocycles. The number of carbonyl (C=O) groups excluding carboxylic acids is 2. The lowest BCUT2D eigenvalue weighted by atomic mass is 9.87. The average molecular weight is 425 g/mol. The zero-order valence-corrected chi connectivity index (χ0v) is 18.4. The van der Waals surface area contributed by atoms with E-state index in [1.165, 1.54) is 32.1 Å². The smallest absolute Gasteiger partial charge is 0.224 e. The molecular weight excluding hydrogens is 392 g/mol.